The Kier molecular flexibility index (Phi) is 4.70. The number of nitrogens with zero attached hydrogens (tertiary/aromatic N) is 5. The van der Waals surface area contributed by atoms with E-state index in [-0.39, 0.29) is 0 Å². The molecule has 0 aliphatic carbocycles. The molecule has 1 saturated heterocycles. The third-order valence-electron chi connectivity index (χ3n) is 4.74. The minimum absolute atomic E-state index is 0.352. The third-order valence-corrected chi connectivity index (χ3v) is 4.74. The summed E-state index contributed by atoms with van der Waals surface area (Å²) in [7, 11) is 0. The first kappa shape index (κ1) is 19.2. The van der Waals surface area contributed by atoms with E-state index in [1.807, 2.05) is 0 Å². The number of hydrogen-bond acceptors (Lipinski definition) is 6. The van der Waals surface area contributed by atoms with Crippen molar-refractivity contribution < 1.29 is 18.8 Å². The molecule has 3 aromatic rings. The number of anilines is 1. The number of benzene rings is 2. The van der Waals surface area contributed by atoms with E-state index in [2.05, 4.69) is 26.2 Å². The molecule has 10 nitrogen and oxygen atoms in total. The van der Waals surface area contributed by atoms with Gasteiger partial charge in [0, 0.05) is 5.69 Å². The van der Waals surface area contributed by atoms with Gasteiger partial charge >= 0.3 is 6.03 Å². The van der Waals surface area contributed by atoms with Crippen molar-refractivity contribution in [1.82, 2.24) is 30.4 Å². The van der Waals surface area contributed by atoms with Gasteiger partial charge < -0.3 is 10.6 Å². The van der Waals surface area contributed by atoms with Crippen LogP contribution in [0.3, 0.4) is 0 Å². The van der Waals surface area contributed by atoms with Gasteiger partial charge in [-0.3, -0.25) is 14.5 Å². The van der Waals surface area contributed by atoms with Crippen molar-refractivity contribution in [3.63, 3.8) is 0 Å². The molecule has 1 atom stereocenters. The number of carbonyl (C=O) groups excluding carboxylic acids is 3. The number of halogens is 1. The molecule has 11 heteroatoms. The lowest BCUT2D eigenvalue weighted by Crippen LogP contribution is -2.42. The summed E-state index contributed by atoms with van der Waals surface area (Å²) in [6.07, 6.45) is 1.41. The quantitative estimate of drug-likeness (QED) is 0.611. The van der Waals surface area contributed by atoms with Gasteiger partial charge in [-0.1, -0.05) is 12.1 Å². The number of rotatable bonds is 5. The van der Waals surface area contributed by atoms with Gasteiger partial charge in [-0.05, 0) is 59.3 Å². The van der Waals surface area contributed by atoms with Crippen LogP contribution in [0.1, 0.15) is 12.5 Å². The molecule has 2 heterocycles. The molecule has 1 aliphatic heterocycles. The molecule has 0 saturated carbocycles. The molecular weight excluding hydrogens is 393 g/mol. The van der Waals surface area contributed by atoms with Gasteiger partial charge in [0.1, 0.15) is 24.2 Å². The van der Waals surface area contributed by atoms with Crippen molar-refractivity contribution in [3.8, 4) is 5.69 Å². The SMILES string of the molecule is CC1(c2cccc(-n3cnnn3)c2)NC(=O)N(CC(=O)Nc2ccc(F)cc2)C1=O. The zero-order valence-electron chi connectivity index (χ0n) is 15.7. The van der Waals surface area contributed by atoms with Crippen LogP contribution in [-0.4, -0.2) is 49.5 Å². The van der Waals surface area contributed by atoms with Crippen LogP contribution >= 0.6 is 0 Å². The summed E-state index contributed by atoms with van der Waals surface area (Å²) < 4.78 is 14.4. The average Bonchev–Trinajstić information content (AvgIpc) is 3.34. The Labute approximate surface area is 169 Å². The van der Waals surface area contributed by atoms with Crippen molar-refractivity contribution in [3.05, 3.63) is 66.2 Å². The maximum Gasteiger partial charge on any atom is 0.325 e. The summed E-state index contributed by atoms with van der Waals surface area (Å²) in [6.45, 7) is 1.08. The van der Waals surface area contributed by atoms with Crippen molar-refractivity contribution in [2.45, 2.75) is 12.5 Å². The van der Waals surface area contributed by atoms with E-state index in [0.717, 1.165) is 4.90 Å². The molecule has 1 aliphatic rings. The summed E-state index contributed by atoms with van der Waals surface area (Å²) >= 11 is 0. The number of urea groups is 1. The molecule has 4 amide bonds. The second-order valence-corrected chi connectivity index (χ2v) is 6.81. The third kappa shape index (κ3) is 3.48. The average molecular weight is 409 g/mol. The van der Waals surface area contributed by atoms with E-state index in [4.69, 9.17) is 0 Å². The molecule has 1 unspecified atom stereocenters. The summed E-state index contributed by atoms with van der Waals surface area (Å²) in [5, 5.41) is 16.1. The molecule has 0 spiro atoms. The van der Waals surface area contributed by atoms with Crippen molar-refractivity contribution in [1.29, 1.82) is 0 Å². The minimum Gasteiger partial charge on any atom is -0.325 e. The Morgan fingerprint density at radius 3 is 2.67 bits per heavy atom. The first-order valence-electron chi connectivity index (χ1n) is 8.90. The Bertz CT molecular complexity index is 1120. The zero-order chi connectivity index (χ0) is 21.3. The number of imide groups is 1. The lowest BCUT2D eigenvalue weighted by atomic mass is 9.91. The fourth-order valence-corrected chi connectivity index (χ4v) is 3.15. The fourth-order valence-electron chi connectivity index (χ4n) is 3.15. The highest BCUT2D eigenvalue weighted by Crippen LogP contribution is 2.29. The second kappa shape index (κ2) is 7.35. The van der Waals surface area contributed by atoms with Crippen LogP contribution < -0.4 is 10.6 Å². The first-order valence-corrected chi connectivity index (χ1v) is 8.90. The van der Waals surface area contributed by atoms with Crippen LogP contribution in [0.15, 0.2) is 54.9 Å². The van der Waals surface area contributed by atoms with Crippen molar-refractivity contribution in [2.24, 2.45) is 0 Å². The van der Waals surface area contributed by atoms with Crippen LogP contribution in [0, 0.1) is 5.82 Å². The fraction of sp³-hybridized carbons (Fsp3) is 0.158. The van der Waals surface area contributed by atoms with Crippen molar-refractivity contribution in [2.75, 3.05) is 11.9 Å². The maximum absolute atomic E-state index is 13.0. The highest BCUT2D eigenvalue weighted by Gasteiger charge is 2.49. The highest BCUT2D eigenvalue weighted by atomic mass is 19.1. The minimum atomic E-state index is -1.36. The predicted molar refractivity (Wildman–Crippen MR) is 102 cm³/mol. The standard InChI is InChI=1S/C19H16FN7O3/c1-19(12-3-2-4-15(9-12)27-11-21-24-25-27)17(29)26(18(30)23-19)10-16(28)22-14-7-5-13(20)6-8-14/h2-9,11H,10H2,1H3,(H,22,28)(H,23,30). The first-order chi connectivity index (χ1) is 14.4. The summed E-state index contributed by atoms with van der Waals surface area (Å²) in [4.78, 5) is 38.6. The van der Waals surface area contributed by atoms with Gasteiger partial charge in [0.25, 0.3) is 5.91 Å². The van der Waals surface area contributed by atoms with Crippen LogP contribution in [0.5, 0.6) is 0 Å². The molecule has 0 radical (unpaired) electrons. The summed E-state index contributed by atoms with van der Waals surface area (Å²) in [5.41, 5.74) is 0.103. The number of nitrogens with one attached hydrogen (secondary N) is 2. The number of amides is 4. The van der Waals surface area contributed by atoms with Crippen LogP contribution in [0.25, 0.3) is 5.69 Å². The molecule has 0 bridgehead atoms. The van der Waals surface area contributed by atoms with Gasteiger partial charge in [-0.15, -0.1) is 5.10 Å². The zero-order valence-corrected chi connectivity index (χ0v) is 15.7. The topological polar surface area (TPSA) is 122 Å². The lowest BCUT2D eigenvalue weighted by Gasteiger charge is -2.22. The second-order valence-electron chi connectivity index (χ2n) is 6.81. The van der Waals surface area contributed by atoms with Gasteiger partial charge in [0.2, 0.25) is 5.91 Å². The predicted octanol–water partition coefficient (Wildman–Crippen LogP) is 1.21. The summed E-state index contributed by atoms with van der Waals surface area (Å²) in [5.74, 6) is -1.60. The highest BCUT2D eigenvalue weighted by molar-refractivity contribution is 6.10. The molecule has 1 aromatic heterocycles. The lowest BCUT2D eigenvalue weighted by molar-refractivity contribution is -0.133. The van der Waals surface area contributed by atoms with E-state index in [9.17, 15) is 18.8 Å². The normalized spacial score (nSPS) is 18.4. The molecule has 4 rings (SSSR count). The van der Waals surface area contributed by atoms with Crippen LogP contribution in [0.2, 0.25) is 0 Å². The Morgan fingerprint density at radius 2 is 1.97 bits per heavy atom. The maximum atomic E-state index is 13.0. The number of hydrogen-bond donors (Lipinski definition) is 2. The summed E-state index contributed by atoms with van der Waals surface area (Å²) in [6, 6.07) is 11.3. The van der Waals surface area contributed by atoms with Crippen LogP contribution in [0.4, 0.5) is 14.9 Å². The number of aromatic nitrogens is 4. The molecule has 1 fully saturated rings. The van der Waals surface area contributed by atoms with Gasteiger partial charge in [-0.25, -0.2) is 13.9 Å². The Balaban J connectivity index is 1.52. The van der Waals surface area contributed by atoms with Gasteiger partial charge in [0.15, 0.2) is 0 Å². The molecule has 30 heavy (non-hydrogen) atoms. The largest absolute Gasteiger partial charge is 0.325 e. The van der Waals surface area contributed by atoms with Crippen molar-refractivity contribution >= 4 is 23.5 Å². The molecule has 152 valence electrons. The van der Waals surface area contributed by atoms with Gasteiger partial charge in [0.05, 0.1) is 5.69 Å². The molecule has 2 N–H and O–H groups in total. The van der Waals surface area contributed by atoms with Crippen LogP contribution in [-0.2, 0) is 15.1 Å². The number of tetrazole rings is 1. The van der Waals surface area contributed by atoms with E-state index in [1.165, 1.54) is 35.3 Å². The van der Waals surface area contributed by atoms with E-state index < -0.39 is 35.7 Å². The molecular formula is C19H16FN7O3. The van der Waals surface area contributed by atoms with E-state index in [1.54, 1.807) is 31.2 Å². The Morgan fingerprint density at radius 1 is 1.20 bits per heavy atom. The molecule has 2 aromatic carbocycles. The van der Waals surface area contributed by atoms with E-state index in [0.29, 0.717) is 16.9 Å². The monoisotopic (exact) mass is 409 g/mol. The van der Waals surface area contributed by atoms with E-state index >= 15 is 0 Å². The van der Waals surface area contributed by atoms with Gasteiger partial charge in [-0.2, -0.15) is 0 Å². The smallest absolute Gasteiger partial charge is 0.325 e. The number of carbonyl (C=O) groups is 3. The Hall–Kier alpha value is -4.15.